The van der Waals surface area contributed by atoms with E-state index in [2.05, 4.69) is 0 Å². The maximum Gasteiger partial charge on any atom is 0.267 e. The number of rotatable bonds is 3. The molecule has 0 radical (unpaired) electrons. The Labute approximate surface area is 118 Å². The van der Waals surface area contributed by atoms with E-state index in [0.29, 0.717) is 18.5 Å². The summed E-state index contributed by atoms with van der Waals surface area (Å²) in [6, 6.07) is 10.1. The maximum absolute atomic E-state index is 12.7. The second-order valence-electron chi connectivity index (χ2n) is 5.39. The summed E-state index contributed by atoms with van der Waals surface area (Å²) in [5, 5.41) is 10.4. The Morgan fingerprint density at radius 3 is 2.35 bits per heavy atom. The van der Waals surface area contributed by atoms with Crippen LogP contribution in [0.4, 0.5) is 0 Å². The van der Waals surface area contributed by atoms with Crippen LogP contribution in [0, 0.1) is 6.92 Å². The van der Waals surface area contributed by atoms with Gasteiger partial charge in [0.2, 0.25) is 0 Å². The quantitative estimate of drug-likeness (QED) is 0.944. The van der Waals surface area contributed by atoms with Crippen LogP contribution in [-0.2, 0) is 15.6 Å². The SMILES string of the molecule is Cc1ccc(S(=O)(=O)n2cccc2C2(O)CCC2)cc1. The van der Waals surface area contributed by atoms with Crippen molar-refractivity contribution >= 4 is 10.0 Å². The molecule has 1 fully saturated rings. The van der Waals surface area contributed by atoms with Crippen LogP contribution in [0.15, 0.2) is 47.5 Å². The number of hydrogen-bond acceptors (Lipinski definition) is 3. The van der Waals surface area contributed by atoms with Crippen molar-refractivity contribution in [2.45, 2.75) is 36.7 Å². The first-order chi connectivity index (χ1) is 9.43. The van der Waals surface area contributed by atoms with Crippen LogP contribution in [0.1, 0.15) is 30.5 Å². The number of aromatic nitrogens is 1. The summed E-state index contributed by atoms with van der Waals surface area (Å²) in [6.07, 6.45) is 3.65. The molecule has 1 aromatic heterocycles. The van der Waals surface area contributed by atoms with Gasteiger partial charge in [-0.15, -0.1) is 0 Å². The second kappa shape index (κ2) is 4.46. The molecule has 0 spiro atoms. The highest BCUT2D eigenvalue weighted by molar-refractivity contribution is 7.90. The predicted octanol–water partition coefficient (Wildman–Crippen LogP) is 2.41. The van der Waals surface area contributed by atoms with Gasteiger partial charge in [-0.25, -0.2) is 12.4 Å². The summed E-state index contributed by atoms with van der Waals surface area (Å²) in [5.74, 6) is 0. The number of aliphatic hydroxyl groups is 1. The third kappa shape index (κ3) is 1.98. The van der Waals surface area contributed by atoms with Gasteiger partial charge in [-0.2, -0.15) is 0 Å². The Hall–Kier alpha value is -1.59. The molecule has 1 saturated carbocycles. The highest BCUT2D eigenvalue weighted by atomic mass is 32.2. The van der Waals surface area contributed by atoms with E-state index in [9.17, 15) is 13.5 Å². The molecule has 0 saturated heterocycles. The van der Waals surface area contributed by atoms with Crippen molar-refractivity contribution in [1.29, 1.82) is 0 Å². The van der Waals surface area contributed by atoms with Crippen LogP contribution in [0.25, 0.3) is 0 Å². The van der Waals surface area contributed by atoms with Gasteiger partial charge in [0.05, 0.1) is 10.6 Å². The van der Waals surface area contributed by atoms with Gasteiger partial charge in [0, 0.05) is 6.20 Å². The van der Waals surface area contributed by atoms with E-state index >= 15 is 0 Å². The molecule has 1 N–H and O–H groups in total. The van der Waals surface area contributed by atoms with Gasteiger partial charge < -0.3 is 5.11 Å². The molecular formula is C15H17NO3S. The number of benzene rings is 1. The van der Waals surface area contributed by atoms with Gasteiger partial charge in [0.15, 0.2) is 0 Å². The Balaban J connectivity index is 2.09. The van der Waals surface area contributed by atoms with Gasteiger partial charge in [0.1, 0.15) is 5.60 Å². The fourth-order valence-corrected chi connectivity index (χ4v) is 3.95. The van der Waals surface area contributed by atoms with Gasteiger partial charge >= 0.3 is 0 Å². The van der Waals surface area contributed by atoms with Crippen LogP contribution >= 0.6 is 0 Å². The average Bonchev–Trinajstić information content (AvgIpc) is 2.86. The monoisotopic (exact) mass is 291 g/mol. The third-order valence-corrected chi connectivity index (χ3v) is 5.65. The van der Waals surface area contributed by atoms with Crippen molar-refractivity contribution in [2.24, 2.45) is 0 Å². The predicted molar refractivity (Wildman–Crippen MR) is 75.9 cm³/mol. The van der Waals surface area contributed by atoms with Gasteiger partial charge in [-0.05, 0) is 50.5 Å². The zero-order valence-electron chi connectivity index (χ0n) is 11.3. The molecule has 1 heterocycles. The average molecular weight is 291 g/mol. The van der Waals surface area contributed by atoms with Crippen molar-refractivity contribution < 1.29 is 13.5 Å². The number of nitrogens with zero attached hydrogens (tertiary/aromatic N) is 1. The summed E-state index contributed by atoms with van der Waals surface area (Å²) < 4.78 is 26.5. The fraction of sp³-hybridized carbons (Fsp3) is 0.333. The van der Waals surface area contributed by atoms with Crippen LogP contribution in [0.2, 0.25) is 0 Å². The van der Waals surface area contributed by atoms with Crippen molar-refractivity contribution in [3.05, 3.63) is 53.9 Å². The number of hydrogen-bond donors (Lipinski definition) is 1. The first-order valence-electron chi connectivity index (χ1n) is 6.66. The molecular weight excluding hydrogens is 274 g/mol. The Morgan fingerprint density at radius 1 is 1.15 bits per heavy atom. The molecule has 20 heavy (non-hydrogen) atoms. The minimum Gasteiger partial charge on any atom is -0.384 e. The lowest BCUT2D eigenvalue weighted by molar-refractivity contribution is -0.0431. The molecule has 1 aromatic carbocycles. The molecule has 1 aliphatic carbocycles. The number of aryl methyl sites for hydroxylation is 1. The second-order valence-corrected chi connectivity index (χ2v) is 7.21. The standard InChI is InChI=1S/C15H17NO3S/c1-12-5-7-13(8-6-12)20(18,19)16-11-2-4-14(16)15(17)9-3-10-15/h2,4-8,11,17H,3,9-10H2,1H3. The Kier molecular flexibility index (Phi) is 2.99. The summed E-state index contributed by atoms with van der Waals surface area (Å²) in [6.45, 7) is 1.91. The zero-order chi connectivity index (χ0) is 14.4. The first-order valence-corrected chi connectivity index (χ1v) is 8.10. The van der Waals surface area contributed by atoms with E-state index in [-0.39, 0.29) is 4.90 Å². The minimum absolute atomic E-state index is 0.239. The smallest absolute Gasteiger partial charge is 0.267 e. The molecule has 1 aliphatic rings. The molecule has 4 nitrogen and oxygen atoms in total. The summed E-state index contributed by atoms with van der Waals surface area (Å²) in [5.41, 5.74) is 0.472. The normalized spacial score (nSPS) is 17.7. The van der Waals surface area contributed by atoms with Crippen LogP contribution in [-0.4, -0.2) is 17.5 Å². The lowest BCUT2D eigenvalue weighted by atomic mass is 9.78. The third-order valence-electron chi connectivity index (χ3n) is 3.95. The lowest BCUT2D eigenvalue weighted by Crippen LogP contribution is -2.37. The lowest BCUT2D eigenvalue weighted by Gasteiger charge is -2.37. The van der Waals surface area contributed by atoms with Gasteiger partial charge in [-0.3, -0.25) is 0 Å². The highest BCUT2D eigenvalue weighted by Gasteiger charge is 2.40. The molecule has 0 atom stereocenters. The van der Waals surface area contributed by atoms with Crippen molar-refractivity contribution in [3.8, 4) is 0 Å². The van der Waals surface area contributed by atoms with Gasteiger partial charge in [-0.1, -0.05) is 17.7 Å². The summed E-state index contributed by atoms with van der Waals surface area (Å²) in [7, 11) is -3.65. The van der Waals surface area contributed by atoms with E-state index in [0.717, 1.165) is 12.0 Å². The maximum atomic E-state index is 12.7. The first kappa shape index (κ1) is 13.4. The summed E-state index contributed by atoms with van der Waals surface area (Å²) in [4.78, 5) is 0.239. The van der Waals surface area contributed by atoms with E-state index < -0.39 is 15.6 Å². The molecule has 0 unspecified atom stereocenters. The van der Waals surface area contributed by atoms with Crippen molar-refractivity contribution in [2.75, 3.05) is 0 Å². The van der Waals surface area contributed by atoms with Crippen LogP contribution in [0.5, 0.6) is 0 Å². The Bertz CT molecular complexity index is 725. The summed E-state index contributed by atoms with van der Waals surface area (Å²) >= 11 is 0. The Morgan fingerprint density at radius 2 is 1.80 bits per heavy atom. The minimum atomic E-state index is -3.65. The molecule has 0 aliphatic heterocycles. The van der Waals surface area contributed by atoms with Crippen molar-refractivity contribution in [3.63, 3.8) is 0 Å². The van der Waals surface area contributed by atoms with E-state index in [1.807, 2.05) is 6.92 Å². The van der Waals surface area contributed by atoms with E-state index in [4.69, 9.17) is 0 Å². The highest BCUT2D eigenvalue weighted by Crippen LogP contribution is 2.41. The molecule has 3 rings (SSSR count). The molecule has 106 valence electrons. The van der Waals surface area contributed by atoms with Crippen LogP contribution < -0.4 is 0 Å². The van der Waals surface area contributed by atoms with Crippen molar-refractivity contribution in [1.82, 2.24) is 3.97 Å². The van der Waals surface area contributed by atoms with Crippen LogP contribution in [0.3, 0.4) is 0 Å². The van der Waals surface area contributed by atoms with Gasteiger partial charge in [0.25, 0.3) is 10.0 Å². The zero-order valence-corrected chi connectivity index (χ0v) is 12.1. The van der Waals surface area contributed by atoms with E-state index in [1.165, 1.54) is 10.2 Å². The molecule has 0 bridgehead atoms. The fourth-order valence-electron chi connectivity index (χ4n) is 2.53. The molecule has 5 heteroatoms. The topological polar surface area (TPSA) is 59.3 Å². The van der Waals surface area contributed by atoms with E-state index in [1.54, 1.807) is 36.4 Å². The largest absolute Gasteiger partial charge is 0.384 e. The molecule has 2 aromatic rings. The molecule has 0 amide bonds.